The van der Waals surface area contributed by atoms with E-state index in [1.54, 1.807) is 7.11 Å². The molecule has 0 radical (unpaired) electrons. The van der Waals surface area contributed by atoms with Gasteiger partial charge in [0.2, 0.25) is 0 Å². The first-order chi connectivity index (χ1) is 8.23. The van der Waals surface area contributed by atoms with E-state index in [4.69, 9.17) is 4.74 Å². The molecule has 1 aliphatic carbocycles. The molecule has 1 aliphatic rings. The van der Waals surface area contributed by atoms with E-state index in [1.807, 2.05) is 0 Å². The molecule has 0 amide bonds. The Labute approximate surface area is 103 Å². The maximum Gasteiger partial charge on any atom is 0.120 e. The average Bonchev–Trinajstić information content (AvgIpc) is 3.11. The molecule has 92 valence electrons. The summed E-state index contributed by atoms with van der Waals surface area (Å²) >= 11 is 0. The summed E-state index contributed by atoms with van der Waals surface area (Å²) in [5.74, 6) is 0.304. The third-order valence-electron chi connectivity index (χ3n) is 3.79. The van der Waals surface area contributed by atoms with Crippen molar-refractivity contribution in [3.8, 4) is 0 Å². The lowest BCUT2D eigenvalue weighted by Crippen LogP contribution is -2.17. The minimum Gasteiger partial charge on any atom is -0.384 e. The minimum absolute atomic E-state index is 0.225. The molecule has 1 unspecified atom stereocenters. The molecule has 0 saturated heterocycles. The van der Waals surface area contributed by atoms with Crippen LogP contribution in [0.3, 0.4) is 0 Å². The summed E-state index contributed by atoms with van der Waals surface area (Å²) in [5.41, 5.74) is 2.92. The van der Waals surface area contributed by atoms with Gasteiger partial charge in [0.05, 0.1) is 6.61 Å². The Hall–Kier alpha value is -1.15. The van der Waals surface area contributed by atoms with Crippen LogP contribution in [0.4, 0.5) is 0 Å². The maximum absolute atomic E-state index is 10.7. The summed E-state index contributed by atoms with van der Waals surface area (Å²) in [4.78, 5) is 10.7. The van der Waals surface area contributed by atoms with Gasteiger partial charge in [-0.05, 0) is 29.9 Å². The summed E-state index contributed by atoms with van der Waals surface area (Å²) in [6, 6.07) is 8.49. The van der Waals surface area contributed by atoms with Gasteiger partial charge in [0.15, 0.2) is 0 Å². The molecule has 1 fully saturated rings. The van der Waals surface area contributed by atoms with Crippen molar-refractivity contribution in [3.63, 3.8) is 0 Å². The van der Waals surface area contributed by atoms with Gasteiger partial charge in [-0.15, -0.1) is 0 Å². The summed E-state index contributed by atoms with van der Waals surface area (Å²) in [7, 11) is 1.76. The first-order valence-electron chi connectivity index (χ1n) is 6.25. The Morgan fingerprint density at radius 3 is 2.71 bits per heavy atom. The standard InChI is InChI=1S/C15H20O2/c1-12(7-10-16)13-5-3-4-6-14(13)15(8-9-15)11-17-2/h3-6,10,12H,7-9,11H2,1-2H3. The highest BCUT2D eigenvalue weighted by Crippen LogP contribution is 2.50. The first-order valence-corrected chi connectivity index (χ1v) is 6.25. The largest absolute Gasteiger partial charge is 0.384 e. The molecule has 2 heteroatoms. The molecule has 1 saturated carbocycles. The molecule has 1 aromatic carbocycles. The Bertz CT molecular complexity index is 394. The lowest BCUT2D eigenvalue weighted by atomic mass is 9.85. The number of methoxy groups -OCH3 is 1. The fourth-order valence-electron chi connectivity index (χ4n) is 2.60. The summed E-state index contributed by atoms with van der Waals surface area (Å²) in [6.07, 6.45) is 4.01. The predicted molar refractivity (Wildman–Crippen MR) is 68.3 cm³/mol. The highest BCUT2D eigenvalue weighted by molar-refractivity contribution is 5.53. The van der Waals surface area contributed by atoms with E-state index in [1.165, 1.54) is 24.0 Å². The zero-order chi connectivity index (χ0) is 12.3. The normalized spacial score (nSPS) is 18.7. The quantitative estimate of drug-likeness (QED) is 0.705. The molecular formula is C15H20O2. The van der Waals surface area contributed by atoms with Crippen LogP contribution in [0.2, 0.25) is 0 Å². The minimum atomic E-state index is 0.225. The molecule has 2 rings (SSSR count). The smallest absolute Gasteiger partial charge is 0.120 e. The van der Waals surface area contributed by atoms with Crippen LogP contribution < -0.4 is 0 Å². The van der Waals surface area contributed by atoms with Gasteiger partial charge in [-0.3, -0.25) is 0 Å². The second-order valence-electron chi connectivity index (χ2n) is 5.10. The van der Waals surface area contributed by atoms with Gasteiger partial charge in [-0.2, -0.15) is 0 Å². The van der Waals surface area contributed by atoms with Crippen LogP contribution in [0.1, 0.15) is 43.2 Å². The zero-order valence-electron chi connectivity index (χ0n) is 10.6. The van der Waals surface area contributed by atoms with Crippen LogP contribution in [0.25, 0.3) is 0 Å². The number of rotatable bonds is 6. The molecule has 1 atom stereocenters. The number of carbonyl (C=O) groups excluding carboxylic acids is 1. The van der Waals surface area contributed by atoms with E-state index >= 15 is 0 Å². The summed E-state index contributed by atoms with van der Waals surface area (Å²) in [5, 5.41) is 0. The van der Waals surface area contributed by atoms with Crippen LogP contribution in [0, 0.1) is 0 Å². The summed E-state index contributed by atoms with van der Waals surface area (Å²) < 4.78 is 5.35. The molecule has 0 aliphatic heterocycles. The van der Waals surface area contributed by atoms with Gasteiger partial charge in [0.25, 0.3) is 0 Å². The van der Waals surface area contributed by atoms with E-state index < -0.39 is 0 Å². The molecule has 17 heavy (non-hydrogen) atoms. The third kappa shape index (κ3) is 2.42. The number of benzene rings is 1. The first kappa shape index (κ1) is 12.3. The summed E-state index contributed by atoms with van der Waals surface area (Å²) in [6.45, 7) is 2.91. The van der Waals surface area contributed by atoms with Crippen LogP contribution in [-0.2, 0) is 14.9 Å². The second-order valence-corrected chi connectivity index (χ2v) is 5.10. The Balaban J connectivity index is 2.30. The van der Waals surface area contributed by atoms with Crippen LogP contribution in [-0.4, -0.2) is 20.0 Å². The Kier molecular flexibility index (Phi) is 3.63. The van der Waals surface area contributed by atoms with Gasteiger partial charge in [0, 0.05) is 18.9 Å². The molecule has 0 spiro atoms. The van der Waals surface area contributed by atoms with Crippen molar-refractivity contribution in [1.82, 2.24) is 0 Å². The number of hydrogen-bond acceptors (Lipinski definition) is 2. The van der Waals surface area contributed by atoms with Crippen molar-refractivity contribution >= 4 is 6.29 Å². The molecular weight excluding hydrogens is 212 g/mol. The topological polar surface area (TPSA) is 26.3 Å². The molecule has 0 bridgehead atoms. The Morgan fingerprint density at radius 2 is 2.12 bits per heavy atom. The van der Waals surface area contributed by atoms with Crippen LogP contribution in [0.5, 0.6) is 0 Å². The van der Waals surface area contributed by atoms with Gasteiger partial charge in [-0.1, -0.05) is 31.2 Å². The van der Waals surface area contributed by atoms with Crippen molar-refractivity contribution in [2.75, 3.05) is 13.7 Å². The van der Waals surface area contributed by atoms with Crippen LogP contribution in [0.15, 0.2) is 24.3 Å². The van der Waals surface area contributed by atoms with Crippen molar-refractivity contribution in [2.24, 2.45) is 0 Å². The predicted octanol–water partition coefficient (Wildman–Crippen LogP) is 3.06. The molecule has 2 nitrogen and oxygen atoms in total. The highest BCUT2D eigenvalue weighted by Gasteiger charge is 2.45. The van der Waals surface area contributed by atoms with E-state index in [2.05, 4.69) is 31.2 Å². The van der Waals surface area contributed by atoms with Gasteiger partial charge >= 0.3 is 0 Å². The number of ether oxygens (including phenoxy) is 1. The van der Waals surface area contributed by atoms with E-state index in [-0.39, 0.29) is 5.41 Å². The van der Waals surface area contributed by atoms with Gasteiger partial charge < -0.3 is 9.53 Å². The number of hydrogen-bond donors (Lipinski definition) is 0. The fraction of sp³-hybridized carbons (Fsp3) is 0.533. The number of aldehydes is 1. The van der Waals surface area contributed by atoms with E-state index in [0.29, 0.717) is 12.3 Å². The maximum atomic E-state index is 10.7. The lowest BCUT2D eigenvalue weighted by molar-refractivity contribution is -0.108. The molecule has 0 aromatic heterocycles. The SMILES string of the molecule is COCC1(c2ccccc2C(C)CC=O)CC1. The lowest BCUT2D eigenvalue weighted by Gasteiger charge is -2.21. The van der Waals surface area contributed by atoms with Gasteiger partial charge in [0.1, 0.15) is 6.29 Å². The van der Waals surface area contributed by atoms with Crippen LogP contribution >= 0.6 is 0 Å². The second kappa shape index (κ2) is 5.01. The monoisotopic (exact) mass is 232 g/mol. The van der Waals surface area contributed by atoms with Crippen molar-refractivity contribution in [3.05, 3.63) is 35.4 Å². The van der Waals surface area contributed by atoms with E-state index in [0.717, 1.165) is 12.9 Å². The van der Waals surface area contributed by atoms with Crippen molar-refractivity contribution in [1.29, 1.82) is 0 Å². The highest BCUT2D eigenvalue weighted by atomic mass is 16.5. The van der Waals surface area contributed by atoms with Crippen molar-refractivity contribution in [2.45, 2.75) is 37.5 Å². The number of carbonyl (C=O) groups is 1. The molecule has 0 N–H and O–H groups in total. The van der Waals surface area contributed by atoms with E-state index in [9.17, 15) is 4.79 Å². The fourth-order valence-corrected chi connectivity index (χ4v) is 2.60. The third-order valence-corrected chi connectivity index (χ3v) is 3.79. The van der Waals surface area contributed by atoms with Gasteiger partial charge in [-0.25, -0.2) is 0 Å². The molecule has 1 aromatic rings. The Morgan fingerprint density at radius 1 is 1.41 bits per heavy atom. The zero-order valence-corrected chi connectivity index (χ0v) is 10.6. The molecule has 0 heterocycles. The van der Waals surface area contributed by atoms with Crippen molar-refractivity contribution < 1.29 is 9.53 Å². The average molecular weight is 232 g/mol.